The van der Waals surface area contributed by atoms with E-state index in [2.05, 4.69) is 15.3 Å². The third-order valence-electron chi connectivity index (χ3n) is 3.58. The summed E-state index contributed by atoms with van der Waals surface area (Å²) in [5.41, 5.74) is 0.845. The lowest BCUT2D eigenvalue weighted by atomic mass is 10.2. The molecule has 1 amide bonds. The Bertz CT molecular complexity index is 710. The highest BCUT2D eigenvalue weighted by atomic mass is 16.2. The molecule has 6 heteroatoms. The highest BCUT2D eigenvalue weighted by Gasteiger charge is 2.27. The largest absolute Gasteiger partial charge is 0.365 e. The molecule has 3 rings (SSSR count). The van der Waals surface area contributed by atoms with Gasteiger partial charge in [0.05, 0.1) is 0 Å². The Kier molecular flexibility index (Phi) is 3.97. The summed E-state index contributed by atoms with van der Waals surface area (Å²) in [5.74, 6) is 0.611. The van der Waals surface area contributed by atoms with Crippen molar-refractivity contribution >= 4 is 11.7 Å². The Balaban J connectivity index is 1.63. The number of nitriles is 1. The second kappa shape index (κ2) is 6.22. The Hall–Kier alpha value is -2.94. The lowest BCUT2D eigenvalue weighted by Crippen LogP contribution is -2.32. The van der Waals surface area contributed by atoms with Crippen LogP contribution in [0.3, 0.4) is 0 Å². The summed E-state index contributed by atoms with van der Waals surface area (Å²) < 4.78 is 0. The van der Waals surface area contributed by atoms with Gasteiger partial charge >= 0.3 is 0 Å². The number of nitrogens with zero attached hydrogens (tertiary/aromatic N) is 4. The minimum Gasteiger partial charge on any atom is -0.365 e. The molecular weight excluding hydrogens is 278 g/mol. The summed E-state index contributed by atoms with van der Waals surface area (Å²) in [6, 6.07) is 12.8. The molecule has 0 bridgehead atoms. The number of rotatable bonds is 3. The first-order valence-electron chi connectivity index (χ1n) is 7.10. The molecular formula is C16H15N5O. The number of carbonyl (C=O) groups is 1. The maximum atomic E-state index is 12.3. The zero-order chi connectivity index (χ0) is 15.4. The topological polar surface area (TPSA) is 81.9 Å². The molecule has 0 aromatic carbocycles. The normalized spacial score (nSPS) is 17.0. The van der Waals surface area contributed by atoms with Crippen molar-refractivity contribution in [3.05, 3.63) is 54.0 Å². The van der Waals surface area contributed by atoms with E-state index in [1.165, 1.54) is 0 Å². The lowest BCUT2D eigenvalue weighted by molar-refractivity contribution is 0.0786. The van der Waals surface area contributed by atoms with Crippen LogP contribution >= 0.6 is 0 Å². The van der Waals surface area contributed by atoms with E-state index in [9.17, 15) is 4.79 Å². The van der Waals surface area contributed by atoms with Gasteiger partial charge in [-0.2, -0.15) is 5.26 Å². The van der Waals surface area contributed by atoms with Gasteiger partial charge in [0.2, 0.25) is 0 Å². The number of aromatic nitrogens is 2. The van der Waals surface area contributed by atoms with Gasteiger partial charge in [0, 0.05) is 25.3 Å². The van der Waals surface area contributed by atoms with Gasteiger partial charge in [-0.1, -0.05) is 12.1 Å². The predicted molar refractivity (Wildman–Crippen MR) is 81.1 cm³/mol. The van der Waals surface area contributed by atoms with E-state index in [1.54, 1.807) is 35.4 Å². The average molecular weight is 293 g/mol. The second-order valence-electron chi connectivity index (χ2n) is 5.12. The molecule has 1 unspecified atom stereocenters. The first-order chi connectivity index (χ1) is 10.8. The minimum absolute atomic E-state index is 0.0522. The first kappa shape index (κ1) is 14.0. The summed E-state index contributed by atoms with van der Waals surface area (Å²) in [5, 5.41) is 12.1. The van der Waals surface area contributed by atoms with Crippen LogP contribution in [0, 0.1) is 11.3 Å². The number of hydrogen-bond donors (Lipinski definition) is 1. The fraction of sp³-hybridized carbons (Fsp3) is 0.250. The van der Waals surface area contributed by atoms with Gasteiger partial charge in [0.1, 0.15) is 23.3 Å². The van der Waals surface area contributed by atoms with Crippen LogP contribution in [0.5, 0.6) is 0 Å². The van der Waals surface area contributed by atoms with Gasteiger partial charge in [-0.05, 0) is 30.7 Å². The Morgan fingerprint density at radius 2 is 2.23 bits per heavy atom. The Morgan fingerprint density at radius 1 is 1.32 bits per heavy atom. The van der Waals surface area contributed by atoms with Crippen molar-refractivity contribution in [1.29, 1.82) is 5.26 Å². The molecule has 0 radical (unpaired) electrons. The van der Waals surface area contributed by atoms with Gasteiger partial charge in [-0.25, -0.2) is 4.98 Å². The van der Waals surface area contributed by atoms with Crippen LogP contribution in [-0.4, -0.2) is 39.9 Å². The summed E-state index contributed by atoms with van der Waals surface area (Å²) in [6.45, 7) is 1.29. The first-order valence-corrected chi connectivity index (χ1v) is 7.10. The zero-order valence-electron chi connectivity index (χ0n) is 11.9. The molecule has 110 valence electrons. The summed E-state index contributed by atoms with van der Waals surface area (Å²) in [4.78, 5) is 22.4. The Labute approximate surface area is 128 Å². The molecule has 6 nitrogen and oxygen atoms in total. The fourth-order valence-electron chi connectivity index (χ4n) is 2.50. The van der Waals surface area contributed by atoms with Gasteiger partial charge in [0.15, 0.2) is 0 Å². The SMILES string of the molecule is N#Cc1cccc(NC2CCN(C(=O)c3ccccn3)C2)n1. The molecule has 1 aliphatic heterocycles. The number of pyridine rings is 2. The molecule has 0 aliphatic carbocycles. The number of amides is 1. The molecule has 2 aromatic rings. The summed E-state index contributed by atoms with van der Waals surface area (Å²) >= 11 is 0. The smallest absolute Gasteiger partial charge is 0.272 e. The van der Waals surface area contributed by atoms with Crippen molar-refractivity contribution < 1.29 is 4.79 Å². The van der Waals surface area contributed by atoms with Crippen molar-refractivity contribution in [2.45, 2.75) is 12.5 Å². The van der Waals surface area contributed by atoms with Crippen LogP contribution in [0.25, 0.3) is 0 Å². The van der Waals surface area contributed by atoms with Crippen LogP contribution in [0.1, 0.15) is 22.6 Å². The van der Waals surface area contributed by atoms with Gasteiger partial charge in [0.25, 0.3) is 5.91 Å². The molecule has 1 atom stereocenters. The zero-order valence-corrected chi connectivity index (χ0v) is 11.9. The maximum Gasteiger partial charge on any atom is 0.272 e. The second-order valence-corrected chi connectivity index (χ2v) is 5.12. The molecule has 22 heavy (non-hydrogen) atoms. The summed E-state index contributed by atoms with van der Waals surface area (Å²) in [6.07, 6.45) is 2.47. The van der Waals surface area contributed by atoms with Crippen LogP contribution in [0.4, 0.5) is 5.82 Å². The van der Waals surface area contributed by atoms with Crippen LogP contribution < -0.4 is 5.32 Å². The van der Waals surface area contributed by atoms with E-state index in [4.69, 9.17) is 5.26 Å². The van der Waals surface area contributed by atoms with E-state index in [-0.39, 0.29) is 11.9 Å². The van der Waals surface area contributed by atoms with Crippen LogP contribution in [0.2, 0.25) is 0 Å². The van der Waals surface area contributed by atoms with E-state index in [0.717, 1.165) is 6.42 Å². The van der Waals surface area contributed by atoms with Crippen molar-refractivity contribution in [1.82, 2.24) is 14.9 Å². The third-order valence-corrected chi connectivity index (χ3v) is 3.58. The van der Waals surface area contributed by atoms with Crippen molar-refractivity contribution in [3.8, 4) is 6.07 Å². The lowest BCUT2D eigenvalue weighted by Gasteiger charge is -2.17. The molecule has 3 heterocycles. The number of hydrogen-bond acceptors (Lipinski definition) is 5. The van der Waals surface area contributed by atoms with Gasteiger partial charge in [-0.15, -0.1) is 0 Å². The van der Waals surface area contributed by atoms with Crippen LogP contribution in [0.15, 0.2) is 42.6 Å². The summed E-state index contributed by atoms with van der Waals surface area (Å²) in [7, 11) is 0. The van der Waals surface area contributed by atoms with E-state index in [1.807, 2.05) is 18.2 Å². The molecule has 0 spiro atoms. The quantitative estimate of drug-likeness (QED) is 0.931. The fourth-order valence-corrected chi connectivity index (χ4v) is 2.50. The molecule has 2 aromatic heterocycles. The van der Waals surface area contributed by atoms with Gasteiger partial charge < -0.3 is 10.2 Å². The number of nitrogens with one attached hydrogen (secondary N) is 1. The average Bonchev–Trinajstić information content (AvgIpc) is 3.03. The Morgan fingerprint density at radius 3 is 3.00 bits per heavy atom. The van der Waals surface area contributed by atoms with E-state index in [0.29, 0.717) is 30.3 Å². The van der Waals surface area contributed by atoms with Crippen LogP contribution in [-0.2, 0) is 0 Å². The number of likely N-dealkylation sites (tertiary alicyclic amines) is 1. The van der Waals surface area contributed by atoms with Crippen molar-refractivity contribution in [2.24, 2.45) is 0 Å². The monoisotopic (exact) mass is 293 g/mol. The predicted octanol–water partition coefficient (Wildman–Crippen LogP) is 1.67. The number of carbonyl (C=O) groups excluding carboxylic acids is 1. The molecule has 0 saturated carbocycles. The third kappa shape index (κ3) is 3.04. The molecule has 1 saturated heterocycles. The van der Waals surface area contributed by atoms with E-state index < -0.39 is 0 Å². The maximum absolute atomic E-state index is 12.3. The number of anilines is 1. The minimum atomic E-state index is -0.0522. The molecule has 1 fully saturated rings. The van der Waals surface area contributed by atoms with Gasteiger partial charge in [-0.3, -0.25) is 9.78 Å². The van der Waals surface area contributed by atoms with Crippen molar-refractivity contribution in [2.75, 3.05) is 18.4 Å². The van der Waals surface area contributed by atoms with E-state index >= 15 is 0 Å². The van der Waals surface area contributed by atoms with Crippen molar-refractivity contribution in [3.63, 3.8) is 0 Å². The highest BCUT2D eigenvalue weighted by Crippen LogP contribution is 2.16. The standard InChI is InChI=1S/C16H15N5O/c17-10-12-4-3-6-15(19-12)20-13-7-9-21(11-13)16(22)14-5-1-2-8-18-14/h1-6,8,13H,7,9,11H2,(H,19,20). The highest BCUT2D eigenvalue weighted by molar-refractivity contribution is 5.92. The molecule has 1 N–H and O–H groups in total. The molecule has 1 aliphatic rings.